The van der Waals surface area contributed by atoms with Gasteiger partial charge in [0.15, 0.2) is 6.61 Å². The van der Waals surface area contributed by atoms with E-state index in [0.717, 1.165) is 11.1 Å². The van der Waals surface area contributed by atoms with E-state index in [1.54, 1.807) is 58.2 Å². The molecule has 0 radical (unpaired) electrons. The number of likely N-dealkylation sites (tertiary alicyclic amines) is 1. The number of nitrogens with zero attached hydrogens (tertiary/aromatic N) is 3. The van der Waals surface area contributed by atoms with E-state index in [0.29, 0.717) is 35.1 Å². The van der Waals surface area contributed by atoms with Crippen LogP contribution >= 0.6 is 0 Å². The normalized spacial score (nSPS) is 18.1. The number of carbonyl (C=O) groups is 3. The number of carbonyl (C=O) groups excluding carboxylic acids is 3. The van der Waals surface area contributed by atoms with E-state index in [2.05, 4.69) is 15.7 Å². The van der Waals surface area contributed by atoms with Gasteiger partial charge in [-0.1, -0.05) is 12.1 Å². The summed E-state index contributed by atoms with van der Waals surface area (Å²) in [4.78, 5) is 41.5. The van der Waals surface area contributed by atoms with Crippen molar-refractivity contribution in [1.82, 2.24) is 25.3 Å². The van der Waals surface area contributed by atoms with Crippen LogP contribution < -0.4 is 29.6 Å². The quantitative estimate of drug-likeness (QED) is 0.352. The monoisotopic (exact) mass is 611 g/mol. The zero-order valence-electron chi connectivity index (χ0n) is 24.9. The van der Waals surface area contributed by atoms with Crippen molar-refractivity contribution in [2.24, 2.45) is 0 Å². The number of ether oxygens (including phenoxy) is 4. The number of amides is 3. The van der Waals surface area contributed by atoms with Gasteiger partial charge in [0.1, 0.15) is 29.1 Å². The van der Waals surface area contributed by atoms with Crippen LogP contribution in [0.1, 0.15) is 31.8 Å². The molecule has 232 valence electrons. The summed E-state index contributed by atoms with van der Waals surface area (Å²) in [5.41, 5.74) is 2.49. The van der Waals surface area contributed by atoms with E-state index in [-0.39, 0.29) is 43.6 Å². The average molecular weight is 612 g/mol. The molecular weight excluding hydrogens is 578 g/mol. The Morgan fingerprint density at radius 3 is 2.69 bits per heavy atom. The first-order valence-corrected chi connectivity index (χ1v) is 14.5. The summed E-state index contributed by atoms with van der Waals surface area (Å²) < 4.78 is 24.8. The van der Waals surface area contributed by atoms with Crippen LogP contribution in [0.5, 0.6) is 23.0 Å². The Morgan fingerprint density at radius 2 is 1.89 bits per heavy atom. The van der Waals surface area contributed by atoms with E-state index in [4.69, 9.17) is 18.9 Å². The molecule has 3 aromatic carbocycles. The molecular formula is C33H33N5O7. The summed E-state index contributed by atoms with van der Waals surface area (Å²) in [6, 6.07) is 18.8. The summed E-state index contributed by atoms with van der Waals surface area (Å²) in [6.45, 7) is 0.942. The van der Waals surface area contributed by atoms with Crippen LogP contribution in [0.15, 0.2) is 79.1 Å². The summed E-state index contributed by atoms with van der Waals surface area (Å²) in [6.07, 6.45) is 3.01. The third-order valence-electron chi connectivity index (χ3n) is 7.72. The second-order valence-corrected chi connectivity index (χ2v) is 10.8. The zero-order valence-corrected chi connectivity index (χ0v) is 24.9. The number of nitrogens with one attached hydrogen (secondary N) is 2. The fourth-order valence-corrected chi connectivity index (χ4v) is 5.43. The van der Waals surface area contributed by atoms with Gasteiger partial charge in [-0.05, 0) is 48.0 Å². The molecule has 45 heavy (non-hydrogen) atoms. The summed E-state index contributed by atoms with van der Waals surface area (Å²) in [5.74, 6) is 0.783. The lowest BCUT2D eigenvalue weighted by Crippen LogP contribution is -2.45. The van der Waals surface area contributed by atoms with Crippen molar-refractivity contribution in [2.45, 2.75) is 25.2 Å². The summed E-state index contributed by atoms with van der Waals surface area (Å²) in [7, 11) is 3.02. The van der Waals surface area contributed by atoms with Crippen LogP contribution in [0.3, 0.4) is 0 Å². The Bertz CT molecular complexity index is 1710. The molecule has 3 aliphatic rings. The SMILES string of the molecule is COc1cc2cc(c1)C(=O)N[C@H]1CN(C(=O)c3cccc(Cn4cccn4)c3)C[C@@H]1Oc1ccc(c(OC)c1)CNC(=O)CO2. The Kier molecular flexibility index (Phi) is 8.54. The van der Waals surface area contributed by atoms with Crippen LogP contribution in [-0.2, 0) is 17.9 Å². The Hall–Kier alpha value is -5.52. The lowest BCUT2D eigenvalue weighted by molar-refractivity contribution is -0.123. The van der Waals surface area contributed by atoms with E-state index >= 15 is 0 Å². The molecule has 12 nitrogen and oxygen atoms in total. The standard InChI is InChI=1S/C33H33N5O7/c1-42-26-12-24-13-27(14-26)44-20-31(39)34-16-23-7-8-25(15-29(23)43-2)45-30-19-37(18-28(30)36-32(24)40)33(41)22-6-3-5-21(11-22)17-38-10-4-9-35-38/h3-15,28,30H,16-20H2,1-2H3,(H,34,39)(H,36,40)/t28-,30-/m0/s1. The largest absolute Gasteiger partial charge is 0.497 e. The number of fused-ring (bicyclic) bond motifs is 7. The van der Waals surface area contributed by atoms with E-state index in [1.807, 2.05) is 30.5 Å². The highest BCUT2D eigenvalue weighted by molar-refractivity contribution is 5.96. The lowest BCUT2D eigenvalue weighted by atomic mass is 10.1. The molecule has 4 aromatic rings. The van der Waals surface area contributed by atoms with Gasteiger partial charge in [0.25, 0.3) is 17.7 Å². The first kappa shape index (κ1) is 29.5. The zero-order chi connectivity index (χ0) is 31.3. The first-order valence-electron chi connectivity index (χ1n) is 14.5. The third kappa shape index (κ3) is 6.85. The van der Waals surface area contributed by atoms with Gasteiger partial charge in [0, 0.05) is 54.3 Å². The molecule has 7 rings (SSSR count). The molecule has 0 saturated carbocycles. The van der Waals surface area contributed by atoms with Gasteiger partial charge in [-0.15, -0.1) is 0 Å². The average Bonchev–Trinajstić information content (AvgIpc) is 3.72. The van der Waals surface area contributed by atoms with Gasteiger partial charge < -0.3 is 34.5 Å². The molecule has 1 saturated heterocycles. The van der Waals surface area contributed by atoms with Gasteiger partial charge in [-0.2, -0.15) is 5.10 Å². The lowest BCUT2D eigenvalue weighted by Gasteiger charge is -2.22. The molecule has 3 aliphatic heterocycles. The second kappa shape index (κ2) is 13.0. The van der Waals surface area contributed by atoms with Crippen molar-refractivity contribution in [1.29, 1.82) is 0 Å². The van der Waals surface area contributed by atoms with Crippen molar-refractivity contribution >= 4 is 17.7 Å². The highest BCUT2D eigenvalue weighted by Gasteiger charge is 2.38. The molecule has 4 heterocycles. The van der Waals surface area contributed by atoms with Crippen molar-refractivity contribution in [3.05, 3.63) is 101 Å². The van der Waals surface area contributed by atoms with Crippen LogP contribution in [0.2, 0.25) is 0 Å². The number of rotatable bonds is 5. The van der Waals surface area contributed by atoms with E-state index in [9.17, 15) is 14.4 Å². The highest BCUT2D eigenvalue weighted by Crippen LogP contribution is 2.29. The van der Waals surface area contributed by atoms with Crippen LogP contribution in [0, 0.1) is 0 Å². The molecule has 0 unspecified atom stereocenters. The van der Waals surface area contributed by atoms with Crippen molar-refractivity contribution < 1.29 is 33.3 Å². The second-order valence-electron chi connectivity index (χ2n) is 10.8. The van der Waals surface area contributed by atoms with E-state index < -0.39 is 18.1 Å². The molecule has 0 spiro atoms. The van der Waals surface area contributed by atoms with Crippen molar-refractivity contribution in [3.8, 4) is 23.0 Å². The van der Waals surface area contributed by atoms with Gasteiger partial charge >= 0.3 is 0 Å². The Balaban J connectivity index is 1.30. The van der Waals surface area contributed by atoms with Crippen LogP contribution in [0.4, 0.5) is 0 Å². The molecule has 4 bridgehead atoms. The third-order valence-corrected chi connectivity index (χ3v) is 7.72. The number of methoxy groups -OCH3 is 2. The Labute approximate surface area is 259 Å². The number of benzene rings is 3. The number of hydrogen-bond donors (Lipinski definition) is 2. The van der Waals surface area contributed by atoms with Crippen molar-refractivity contribution in [2.75, 3.05) is 33.9 Å². The number of hydrogen-bond acceptors (Lipinski definition) is 8. The Morgan fingerprint density at radius 1 is 1.00 bits per heavy atom. The topological polar surface area (TPSA) is 133 Å². The minimum absolute atomic E-state index is 0.175. The minimum atomic E-state index is -0.572. The maximum Gasteiger partial charge on any atom is 0.258 e. The number of aromatic nitrogens is 2. The molecule has 0 aliphatic carbocycles. The molecule has 12 heteroatoms. The predicted octanol–water partition coefficient (Wildman–Crippen LogP) is 2.66. The maximum atomic E-state index is 13.8. The van der Waals surface area contributed by atoms with Crippen LogP contribution in [0.25, 0.3) is 0 Å². The molecule has 2 N–H and O–H groups in total. The van der Waals surface area contributed by atoms with Crippen LogP contribution in [-0.4, -0.2) is 78.5 Å². The van der Waals surface area contributed by atoms with Crippen molar-refractivity contribution in [3.63, 3.8) is 0 Å². The first-order chi connectivity index (χ1) is 21.9. The fourth-order valence-electron chi connectivity index (χ4n) is 5.43. The molecule has 3 amide bonds. The van der Waals surface area contributed by atoms with E-state index in [1.165, 1.54) is 14.2 Å². The fraction of sp³-hybridized carbons (Fsp3) is 0.273. The predicted molar refractivity (Wildman–Crippen MR) is 163 cm³/mol. The summed E-state index contributed by atoms with van der Waals surface area (Å²) in [5, 5.41) is 10.1. The molecule has 1 fully saturated rings. The highest BCUT2D eigenvalue weighted by atomic mass is 16.5. The smallest absolute Gasteiger partial charge is 0.258 e. The summed E-state index contributed by atoms with van der Waals surface area (Å²) >= 11 is 0. The van der Waals surface area contributed by atoms with Gasteiger partial charge in [-0.3, -0.25) is 19.1 Å². The maximum absolute atomic E-state index is 13.8. The van der Waals surface area contributed by atoms with Gasteiger partial charge in [0.05, 0.1) is 33.4 Å². The molecule has 2 atom stereocenters. The molecule has 1 aromatic heterocycles. The minimum Gasteiger partial charge on any atom is -0.497 e. The van der Waals surface area contributed by atoms with Gasteiger partial charge in [-0.25, -0.2) is 0 Å². The van der Waals surface area contributed by atoms with Gasteiger partial charge in [0.2, 0.25) is 0 Å².